The second-order valence-corrected chi connectivity index (χ2v) is 3.98. The predicted octanol–water partition coefficient (Wildman–Crippen LogP) is -0.663. The highest BCUT2D eigenvalue weighted by molar-refractivity contribution is 5.84. The molecule has 19 heavy (non-hydrogen) atoms. The zero-order valence-corrected chi connectivity index (χ0v) is 10.6. The summed E-state index contributed by atoms with van der Waals surface area (Å²) >= 11 is 0. The quantitative estimate of drug-likeness (QED) is 0.412. The molecule has 0 fully saturated rings. The number of amides is 2. The Bertz CT molecular complexity index is 355. The van der Waals surface area contributed by atoms with Gasteiger partial charge in [-0.15, -0.1) is 0 Å². The molecule has 0 aromatic rings. The third kappa shape index (κ3) is 9.57. The lowest BCUT2D eigenvalue weighted by atomic mass is 10.1. The van der Waals surface area contributed by atoms with Gasteiger partial charge >= 0.3 is 11.9 Å². The van der Waals surface area contributed by atoms with E-state index in [0.717, 1.165) is 0 Å². The van der Waals surface area contributed by atoms with Gasteiger partial charge in [0.1, 0.15) is 6.04 Å². The van der Waals surface area contributed by atoms with Crippen molar-refractivity contribution in [2.24, 2.45) is 0 Å². The van der Waals surface area contributed by atoms with E-state index in [4.69, 9.17) is 10.2 Å². The molecule has 0 aliphatic carbocycles. The molecule has 4 N–H and O–H groups in total. The smallest absolute Gasteiger partial charge is 0.326 e. The molecule has 0 aromatic carbocycles. The summed E-state index contributed by atoms with van der Waals surface area (Å²) in [6.45, 7) is 1.68. The number of hydrogen-bond donors (Lipinski definition) is 4. The van der Waals surface area contributed by atoms with E-state index < -0.39 is 23.9 Å². The number of aliphatic carboxylic acids is 2. The fourth-order valence-electron chi connectivity index (χ4n) is 1.31. The first-order valence-electron chi connectivity index (χ1n) is 5.81. The molecule has 108 valence electrons. The molecule has 8 nitrogen and oxygen atoms in total. The van der Waals surface area contributed by atoms with Crippen molar-refractivity contribution in [3.05, 3.63) is 0 Å². The molecule has 0 radical (unpaired) electrons. The van der Waals surface area contributed by atoms with Gasteiger partial charge in [-0.3, -0.25) is 14.4 Å². The standard InChI is InChI=1S/C11H18N2O6/c1-7(14)12-6-2-3-9(15)13-8(11(18)19)4-5-10(16)17/h8H,2-6H2,1H3,(H,12,14)(H,13,15)(H,16,17)(H,18,19)/t8-/m0/s1. The maximum absolute atomic E-state index is 11.4. The summed E-state index contributed by atoms with van der Waals surface area (Å²) < 4.78 is 0. The van der Waals surface area contributed by atoms with E-state index in [2.05, 4.69) is 10.6 Å². The highest BCUT2D eigenvalue weighted by atomic mass is 16.4. The minimum Gasteiger partial charge on any atom is -0.481 e. The molecule has 8 heteroatoms. The van der Waals surface area contributed by atoms with Gasteiger partial charge in [-0.1, -0.05) is 0 Å². The van der Waals surface area contributed by atoms with Crippen LogP contribution in [-0.2, 0) is 19.2 Å². The molecule has 0 aliphatic heterocycles. The van der Waals surface area contributed by atoms with Crippen LogP contribution in [0.3, 0.4) is 0 Å². The highest BCUT2D eigenvalue weighted by Crippen LogP contribution is 1.99. The number of nitrogens with one attached hydrogen (secondary N) is 2. The van der Waals surface area contributed by atoms with Crippen LogP contribution in [0.5, 0.6) is 0 Å². The Hall–Kier alpha value is -2.12. The summed E-state index contributed by atoms with van der Waals surface area (Å²) in [7, 11) is 0. The average molecular weight is 274 g/mol. The van der Waals surface area contributed by atoms with E-state index in [0.29, 0.717) is 13.0 Å². The van der Waals surface area contributed by atoms with Gasteiger partial charge < -0.3 is 20.8 Å². The summed E-state index contributed by atoms with van der Waals surface area (Å²) in [5.74, 6) is -3.07. The van der Waals surface area contributed by atoms with E-state index in [1.54, 1.807) is 0 Å². The van der Waals surface area contributed by atoms with Crippen molar-refractivity contribution in [2.45, 2.75) is 38.6 Å². The summed E-state index contributed by atoms with van der Waals surface area (Å²) in [6.07, 6.45) is -0.0426. The van der Waals surface area contributed by atoms with Crippen molar-refractivity contribution in [1.29, 1.82) is 0 Å². The van der Waals surface area contributed by atoms with Crippen LogP contribution >= 0.6 is 0 Å². The summed E-state index contributed by atoms with van der Waals surface area (Å²) in [5, 5.41) is 22.0. The van der Waals surface area contributed by atoms with Crippen molar-refractivity contribution in [1.82, 2.24) is 10.6 Å². The monoisotopic (exact) mass is 274 g/mol. The zero-order valence-electron chi connectivity index (χ0n) is 10.6. The number of carbonyl (C=O) groups excluding carboxylic acids is 2. The third-order valence-electron chi connectivity index (χ3n) is 2.23. The van der Waals surface area contributed by atoms with Crippen LogP contribution in [-0.4, -0.2) is 46.6 Å². The molecule has 0 saturated heterocycles. The van der Waals surface area contributed by atoms with Crippen LogP contribution in [0.1, 0.15) is 32.6 Å². The second kappa shape index (κ2) is 8.90. The van der Waals surface area contributed by atoms with Gasteiger partial charge in [0.15, 0.2) is 0 Å². The van der Waals surface area contributed by atoms with Gasteiger partial charge in [0.2, 0.25) is 11.8 Å². The van der Waals surface area contributed by atoms with Crippen molar-refractivity contribution < 1.29 is 29.4 Å². The predicted molar refractivity (Wildman–Crippen MR) is 64.4 cm³/mol. The van der Waals surface area contributed by atoms with E-state index in [-0.39, 0.29) is 25.2 Å². The van der Waals surface area contributed by atoms with Crippen LogP contribution < -0.4 is 10.6 Å². The maximum atomic E-state index is 11.4. The van der Waals surface area contributed by atoms with E-state index in [1.807, 2.05) is 0 Å². The van der Waals surface area contributed by atoms with Gasteiger partial charge in [-0.05, 0) is 12.8 Å². The van der Waals surface area contributed by atoms with Crippen molar-refractivity contribution >= 4 is 23.8 Å². The number of rotatable bonds is 9. The Morgan fingerprint density at radius 1 is 1.11 bits per heavy atom. The van der Waals surface area contributed by atoms with Gasteiger partial charge in [0.05, 0.1) is 0 Å². The normalized spacial score (nSPS) is 11.4. The molecule has 0 heterocycles. The molecule has 0 bridgehead atoms. The Labute approximate surface area is 110 Å². The van der Waals surface area contributed by atoms with E-state index >= 15 is 0 Å². The molecule has 0 aliphatic rings. The molecular weight excluding hydrogens is 256 g/mol. The average Bonchev–Trinajstić information content (AvgIpc) is 2.29. The Morgan fingerprint density at radius 2 is 1.74 bits per heavy atom. The lowest BCUT2D eigenvalue weighted by molar-refractivity contribution is -0.143. The van der Waals surface area contributed by atoms with Crippen molar-refractivity contribution in [3.63, 3.8) is 0 Å². The summed E-state index contributed by atoms with van der Waals surface area (Å²) in [4.78, 5) is 43.1. The number of carboxylic acid groups (broad SMARTS) is 2. The van der Waals surface area contributed by atoms with Crippen molar-refractivity contribution in [3.8, 4) is 0 Å². The molecular formula is C11H18N2O6. The van der Waals surface area contributed by atoms with Crippen LogP contribution in [0, 0.1) is 0 Å². The first-order chi connectivity index (χ1) is 8.82. The molecule has 0 spiro atoms. The number of carboxylic acids is 2. The SMILES string of the molecule is CC(=O)NCCCC(=O)N[C@@H](CCC(=O)O)C(=O)O. The molecule has 2 amide bonds. The fourth-order valence-corrected chi connectivity index (χ4v) is 1.31. The maximum Gasteiger partial charge on any atom is 0.326 e. The van der Waals surface area contributed by atoms with Gasteiger partial charge in [-0.2, -0.15) is 0 Å². The minimum absolute atomic E-state index is 0.0666. The number of hydrogen-bond acceptors (Lipinski definition) is 4. The van der Waals surface area contributed by atoms with Crippen LogP contribution in [0.15, 0.2) is 0 Å². The first kappa shape index (κ1) is 16.9. The fraction of sp³-hybridized carbons (Fsp3) is 0.636. The van der Waals surface area contributed by atoms with Gasteiger partial charge in [-0.25, -0.2) is 4.79 Å². The summed E-state index contributed by atoms with van der Waals surface area (Å²) in [5.41, 5.74) is 0. The second-order valence-electron chi connectivity index (χ2n) is 3.98. The molecule has 0 unspecified atom stereocenters. The largest absolute Gasteiger partial charge is 0.481 e. The Balaban J connectivity index is 3.99. The minimum atomic E-state index is -1.27. The third-order valence-corrected chi connectivity index (χ3v) is 2.23. The van der Waals surface area contributed by atoms with Crippen LogP contribution in [0.25, 0.3) is 0 Å². The molecule has 0 saturated carbocycles. The Morgan fingerprint density at radius 3 is 2.21 bits per heavy atom. The molecule has 0 aromatic heterocycles. The topological polar surface area (TPSA) is 133 Å². The lowest BCUT2D eigenvalue weighted by Crippen LogP contribution is -2.41. The first-order valence-corrected chi connectivity index (χ1v) is 5.81. The zero-order chi connectivity index (χ0) is 14.8. The van der Waals surface area contributed by atoms with E-state index in [1.165, 1.54) is 6.92 Å². The van der Waals surface area contributed by atoms with Crippen LogP contribution in [0.2, 0.25) is 0 Å². The molecule has 0 rings (SSSR count). The lowest BCUT2D eigenvalue weighted by Gasteiger charge is -2.13. The van der Waals surface area contributed by atoms with Crippen molar-refractivity contribution in [2.75, 3.05) is 6.54 Å². The van der Waals surface area contributed by atoms with Crippen LogP contribution in [0.4, 0.5) is 0 Å². The number of carbonyl (C=O) groups is 4. The van der Waals surface area contributed by atoms with Gasteiger partial charge in [0.25, 0.3) is 0 Å². The van der Waals surface area contributed by atoms with E-state index in [9.17, 15) is 19.2 Å². The molecule has 1 atom stereocenters. The Kier molecular flexibility index (Phi) is 7.90. The highest BCUT2D eigenvalue weighted by Gasteiger charge is 2.20. The summed E-state index contributed by atoms with van der Waals surface area (Å²) in [6, 6.07) is -1.20. The van der Waals surface area contributed by atoms with Gasteiger partial charge in [0, 0.05) is 26.3 Å².